The van der Waals surface area contributed by atoms with Crippen molar-refractivity contribution in [3.05, 3.63) is 34.3 Å². The predicted molar refractivity (Wildman–Crippen MR) is 65.4 cm³/mol. The maximum Gasteiger partial charge on any atom is 0.419 e. The van der Waals surface area contributed by atoms with Gasteiger partial charge in [-0.15, -0.1) is 0 Å². The smallest absolute Gasteiger partial charge is 0.408 e. The molecule has 0 aliphatic carbocycles. The van der Waals surface area contributed by atoms with Crippen molar-refractivity contribution in [3.63, 3.8) is 0 Å². The number of nitrogens with one attached hydrogen (secondary N) is 1. The minimum Gasteiger partial charge on any atom is -0.408 e. The molecule has 0 radical (unpaired) electrons. The summed E-state index contributed by atoms with van der Waals surface area (Å²) in [6.45, 7) is 0.567. The van der Waals surface area contributed by atoms with Crippen LogP contribution in [0.25, 0.3) is 11.1 Å². The van der Waals surface area contributed by atoms with Crippen molar-refractivity contribution in [1.82, 2.24) is 14.8 Å². The van der Waals surface area contributed by atoms with Crippen LogP contribution in [0.4, 0.5) is 4.79 Å². The number of urea groups is 1. The van der Waals surface area contributed by atoms with Gasteiger partial charge in [-0.25, -0.2) is 9.59 Å². The maximum atomic E-state index is 11.4. The molecular formula is C12H13N3O3. The molecule has 1 aliphatic heterocycles. The molecule has 2 amide bonds. The molecule has 18 heavy (non-hydrogen) atoms. The van der Waals surface area contributed by atoms with Crippen molar-refractivity contribution in [1.29, 1.82) is 0 Å². The Morgan fingerprint density at radius 3 is 2.78 bits per heavy atom. The molecular weight excluding hydrogens is 234 g/mol. The number of amides is 2. The standard InChI is InChI=1S/C12H13N3O3/c1-14-9(6-13-11(14)16)7-3-4-8-10(5-7)18-12(17)15(8)2/h3-5,9H,6H2,1-2H3,(H,13,16). The van der Waals surface area contributed by atoms with Crippen LogP contribution in [0.5, 0.6) is 0 Å². The Labute approximate surface area is 103 Å². The lowest BCUT2D eigenvalue weighted by Crippen LogP contribution is -2.25. The first-order chi connectivity index (χ1) is 8.58. The molecule has 3 rings (SSSR count). The highest BCUT2D eigenvalue weighted by Crippen LogP contribution is 2.25. The first-order valence-corrected chi connectivity index (χ1v) is 5.68. The van der Waals surface area contributed by atoms with Crippen molar-refractivity contribution < 1.29 is 9.21 Å². The fourth-order valence-electron chi connectivity index (χ4n) is 2.29. The van der Waals surface area contributed by atoms with Crippen molar-refractivity contribution in [2.45, 2.75) is 6.04 Å². The number of hydrogen-bond acceptors (Lipinski definition) is 3. The summed E-state index contributed by atoms with van der Waals surface area (Å²) in [5, 5.41) is 2.77. The van der Waals surface area contributed by atoms with Crippen molar-refractivity contribution in [3.8, 4) is 0 Å². The molecule has 1 atom stereocenters. The van der Waals surface area contributed by atoms with Crippen LogP contribution in [0.3, 0.4) is 0 Å². The summed E-state index contributed by atoms with van der Waals surface area (Å²) in [7, 11) is 3.42. The molecule has 1 aromatic heterocycles. The molecule has 0 spiro atoms. The molecule has 1 fully saturated rings. The minimum atomic E-state index is -0.379. The minimum absolute atomic E-state index is 0.0209. The Morgan fingerprint density at radius 2 is 2.11 bits per heavy atom. The van der Waals surface area contributed by atoms with E-state index in [2.05, 4.69) is 5.32 Å². The van der Waals surface area contributed by atoms with Crippen LogP contribution in [0.2, 0.25) is 0 Å². The summed E-state index contributed by atoms with van der Waals surface area (Å²) in [5.74, 6) is -0.379. The predicted octanol–water partition coefficient (Wildman–Crippen LogP) is 0.828. The van der Waals surface area contributed by atoms with Crippen LogP contribution < -0.4 is 11.1 Å². The number of fused-ring (bicyclic) bond motifs is 1. The zero-order valence-electron chi connectivity index (χ0n) is 10.1. The van der Waals surface area contributed by atoms with Gasteiger partial charge < -0.3 is 14.6 Å². The summed E-state index contributed by atoms with van der Waals surface area (Å²) in [5.41, 5.74) is 2.26. The van der Waals surface area contributed by atoms with Crippen LogP contribution >= 0.6 is 0 Å². The Morgan fingerprint density at radius 1 is 1.33 bits per heavy atom. The number of likely N-dealkylation sites (N-methyl/N-ethyl adjacent to an activating group) is 1. The van der Waals surface area contributed by atoms with Gasteiger partial charge in [-0.3, -0.25) is 4.57 Å². The third-order valence-electron chi connectivity index (χ3n) is 3.44. The van der Waals surface area contributed by atoms with Gasteiger partial charge in [0.1, 0.15) is 0 Å². The molecule has 94 valence electrons. The van der Waals surface area contributed by atoms with E-state index >= 15 is 0 Å². The SMILES string of the molecule is CN1C(=O)NCC1c1ccc2c(c1)oc(=O)n2C. The fourth-order valence-corrected chi connectivity index (χ4v) is 2.29. The van der Waals surface area contributed by atoms with Crippen LogP contribution in [-0.4, -0.2) is 29.1 Å². The van der Waals surface area contributed by atoms with E-state index < -0.39 is 0 Å². The van der Waals surface area contributed by atoms with Crippen LogP contribution in [0, 0.1) is 0 Å². The molecule has 1 aliphatic rings. The van der Waals surface area contributed by atoms with Gasteiger partial charge in [0, 0.05) is 20.6 Å². The molecule has 1 unspecified atom stereocenters. The number of nitrogens with zero attached hydrogens (tertiary/aromatic N) is 2. The van der Waals surface area contributed by atoms with E-state index in [-0.39, 0.29) is 17.8 Å². The van der Waals surface area contributed by atoms with E-state index in [9.17, 15) is 9.59 Å². The van der Waals surface area contributed by atoms with Gasteiger partial charge in [0.15, 0.2) is 5.58 Å². The van der Waals surface area contributed by atoms with Gasteiger partial charge in [0.05, 0.1) is 11.6 Å². The number of aromatic nitrogens is 1. The molecule has 1 N–H and O–H groups in total. The molecule has 1 saturated heterocycles. The average molecular weight is 247 g/mol. The first kappa shape index (κ1) is 10.9. The number of hydrogen-bond donors (Lipinski definition) is 1. The Balaban J connectivity index is 2.09. The number of rotatable bonds is 1. The Hall–Kier alpha value is -2.24. The van der Waals surface area contributed by atoms with Gasteiger partial charge >= 0.3 is 11.8 Å². The van der Waals surface area contributed by atoms with E-state index in [0.717, 1.165) is 11.1 Å². The molecule has 6 nitrogen and oxygen atoms in total. The van der Waals surface area contributed by atoms with Crippen LogP contribution in [0.1, 0.15) is 11.6 Å². The summed E-state index contributed by atoms with van der Waals surface area (Å²) < 4.78 is 6.60. The lowest BCUT2D eigenvalue weighted by atomic mass is 10.1. The topological polar surface area (TPSA) is 67.5 Å². The van der Waals surface area contributed by atoms with E-state index in [4.69, 9.17) is 4.42 Å². The lowest BCUT2D eigenvalue weighted by molar-refractivity contribution is 0.217. The summed E-state index contributed by atoms with van der Waals surface area (Å²) in [6.07, 6.45) is 0. The van der Waals surface area contributed by atoms with Crippen LogP contribution in [-0.2, 0) is 7.05 Å². The average Bonchev–Trinajstić information content (AvgIpc) is 2.82. The number of carbonyl (C=O) groups excluding carboxylic acids is 1. The Kier molecular flexibility index (Phi) is 2.19. The zero-order valence-corrected chi connectivity index (χ0v) is 10.1. The van der Waals surface area contributed by atoms with Crippen molar-refractivity contribution in [2.24, 2.45) is 7.05 Å². The fraction of sp³-hybridized carbons (Fsp3) is 0.333. The van der Waals surface area contributed by atoms with Gasteiger partial charge in [-0.1, -0.05) is 6.07 Å². The van der Waals surface area contributed by atoms with Crippen molar-refractivity contribution in [2.75, 3.05) is 13.6 Å². The summed E-state index contributed by atoms with van der Waals surface area (Å²) in [6, 6.07) is 5.46. The van der Waals surface area contributed by atoms with Gasteiger partial charge in [-0.2, -0.15) is 0 Å². The Bertz CT molecular complexity index is 685. The van der Waals surface area contributed by atoms with Crippen LogP contribution in [0.15, 0.2) is 27.4 Å². The highest BCUT2D eigenvalue weighted by molar-refractivity contribution is 5.78. The zero-order chi connectivity index (χ0) is 12.9. The van der Waals surface area contributed by atoms with E-state index in [1.54, 1.807) is 19.0 Å². The molecule has 2 aromatic rings. The number of oxazole rings is 1. The highest BCUT2D eigenvalue weighted by Gasteiger charge is 2.28. The molecule has 1 aromatic carbocycles. The summed E-state index contributed by atoms with van der Waals surface area (Å²) in [4.78, 5) is 24.5. The lowest BCUT2D eigenvalue weighted by Gasteiger charge is -2.17. The third-order valence-corrected chi connectivity index (χ3v) is 3.44. The van der Waals surface area contributed by atoms with E-state index in [1.165, 1.54) is 4.57 Å². The first-order valence-electron chi connectivity index (χ1n) is 5.68. The third kappa shape index (κ3) is 1.42. The molecule has 6 heteroatoms. The number of carbonyl (C=O) groups is 1. The summed E-state index contributed by atoms with van der Waals surface area (Å²) >= 11 is 0. The quantitative estimate of drug-likeness (QED) is 0.811. The number of aryl methyl sites for hydroxylation is 1. The second-order valence-electron chi connectivity index (χ2n) is 4.47. The van der Waals surface area contributed by atoms with E-state index in [1.807, 2.05) is 18.2 Å². The van der Waals surface area contributed by atoms with Gasteiger partial charge in [0.2, 0.25) is 0 Å². The van der Waals surface area contributed by atoms with E-state index in [0.29, 0.717) is 12.1 Å². The molecule has 2 heterocycles. The van der Waals surface area contributed by atoms with Gasteiger partial charge in [-0.05, 0) is 17.7 Å². The monoisotopic (exact) mass is 247 g/mol. The molecule has 0 saturated carbocycles. The highest BCUT2D eigenvalue weighted by atomic mass is 16.4. The van der Waals surface area contributed by atoms with Gasteiger partial charge in [0.25, 0.3) is 0 Å². The number of benzene rings is 1. The normalized spacial score (nSPS) is 19.6. The largest absolute Gasteiger partial charge is 0.419 e. The van der Waals surface area contributed by atoms with Crippen molar-refractivity contribution >= 4 is 17.1 Å². The maximum absolute atomic E-state index is 11.4. The molecule has 0 bridgehead atoms. The second-order valence-corrected chi connectivity index (χ2v) is 4.47. The second kappa shape index (κ2) is 3.63.